The van der Waals surface area contributed by atoms with E-state index in [1.807, 2.05) is 12.1 Å². The van der Waals surface area contributed by atoms with Crippen LogP contribution in [0.25, 0.3) is 10.9 Å². The molecule has 0 spiro atoms. The van der Waals surface area contributed by atoms with Crippen molar-refractivity contribution in [1.29, 1.82) is 0 Å². The molecule has 1 unspecified atom stereocenters. The van der Waals surface area contributed by atoms with E-state index in [2.05, 4.69) is 33.9 Å². The van der Waals surface area contributed by atoms with Crippen molar-refractivity contribution in [3.63, 3.8) is 0 Å². The van der Waals surface area contributed by atoms with Gasteiger partial charge in [0.25, 0.3) is 0 Å². The van der Waals surface area contributed by atoms with Gasteiger partial charge in [-0.05, 0) is 49.2 Å². The molecule has 114 valence electrons. The Morgan fingerprint density at radius 2 is 2.24 bits per heavy atom. The minimum absolute atomic E-state index is 0.337. The Bertz CT molecular complexity index is 751. The first-order valence-electron chi connectivity index (χ1n) is 7.15. The lowest BCUT2D eigenvalue weighted by atomic mass is 9.97. The molecule has 3 rings (SSSR count). The highest BCUT2D eigenvalue weighted by Gasteiger charge is 2.23. The molecule has 1 aliphatic rings. The van der Waals surface area contributed by atoms with E-state index in [0.29, 0.717) is 12.5 Å². The van der Waals surface area contributed by atoms with E-state index >= 15 is 0 Å². The van der Waals surface area contributed by atoms with E-state index in [1.165, 1.54) is 23.6 Å². The Kier molecular flexibility index (Phi) is 3.77. The quantitative estimate of drug-likeness (QED) is 0.902. The molecule has 5 nitrogen and oxygen atoms in total. The number of benzene rings is 1. The molecular formula is C15H21N3O2S. The van der Waals surface area contributed by atoms with E-state index in [1.54, 1.807) is 0 Å². The van der Waals surface area contributed by atoms with Gasteiger partial charge in [-0.1, -0.05) is 6.07 Å². The Morgan fingerprint density at radius 3 is 2.90 bits per heavy atom. The van der Waals surface area contributed by atoms with Gasteiger partial charge in [0.15, 0.2) is 0 Å². The monoisotopic (exact) mass is 307 g/mol. The van der Waals surface area contributed by atoms with Crippen LogP contribution in [0.2, 0.25) is 0 Å². The van der Waals surface area contributed by atoms with Crippen LogP contribution in [0.5, 0.6) is 0 Å². The van der Waals surface area contributed by atoms with E-state index < -0.39 is 10.0 Å². The second-order valence-corrected chi connectivity index (χ2v) is 7.80. The van der Waals surface area contributed by atoms with Gasteiger partial charge >= 0.3 is 0 Å². The molecule has 1 aliphatic heterocycles. The van der Waals surface area contributed by atoms with Gasteiger partial charge in [0.2, 0.25) is 10.0 Å². The molecule has 0 aliphatic carbocycles. The molecular weight excluding hydrogens is 286 g/mol. The molecule has 2 N–H and O–H groups in total. The SMILES string of the molecule is CN1CCC(c2c[nH]c3ccc(CNS(C)(=O)=O)cc23)C1. The van der Waals surface area contributed by atoms with Crippen LogP contribution in [0.3, 0.4) is 0 Å². The van der Waals surface area contributed by atoms with Gasteiger partial charge in [-0.3, -0.25) is 0 Å². The van der Waals surface area contributed by atoms with Crippen molar-refractivity contribution in [2.45, 2.75) is 18.9 Å². The Morgan fingerprint density at radius 1 is 1.43 bits per heavy atom. The molecule has 0 amide bonds. The summed E-state index contributed by atoms with van der Waals surface area (Å²) in [6.45, 7) is 2.55. The average Bonchev–Trinajstić information content (AvgIpc) is 3.01. The second-order valence-electron chi connectivity index (χ2n) is 5.97. The summed E-state index contributed by atoms with van der Waals surface area (Å²) in [5, 5.41) is 1.21. The predicted molar refractivity (Wildman–Crippen MR) is 84.8 cm³/mol. The second kappa shape index (κ2) is 5.44. The minimum Gasteiger partial charge on any atom is -0.361 e. The first-order valence-corrected chi connectivity index (χ1v) is 9.04. The van der Waals surface area contributed by atoms with Crippen LogP contribution in [0, 0.1) is 0 Å². The molecule has 2 heterocycles. The standard InChI is InChI=1S/C15H21N3O2S/c1-18-6-5-12(10-18)14-9-16-15-4-3-11(7-13(14)15)8-17-21(2,19)20/h3-4,7,9,12,16-17H,5-6,8,10H2,1-2H3. The highest BCUT2D eigenvalue weighted by Crippen LogP contribution is 2.32. The third-order valence-corrected chi connectivity index (χ3v) is 4.82. The highest BCUT2D eigenvalue weighted by molar-refractivity contribution is 7.88. The third-order valence-electron chi connectivity index (χ3n) is 4.15. The van der Waals surface area contributed by atoms with Crippen molar-refractivity contribution in [3.05, 3.63) is 35.5 Å². The van der Waals surface area contributed by atoms with Crippen LogP contribution in [-0.2, 0) is 16.6 Å². The smallest absolute Gasteiger partial charge is 0.209 e. The number of aromatic nitrogens is 1. The molecule has 0 saturated carbocycles. The number of sulfonamides is 1. The van der Waals surface area contributed by atoms with Crippen LogP contribution < -0.4 is 4.72 Å². The van der Waals surface area contributed by atoms with Gasteiger partial charge < -0.3 is 9.88 Å². The maximum Gasteiger partial charge on any atom is 0.209 e. The van der Waals surface area contributed by atoms with E-state index in [-0.39, 0.29) is 0 Å². The van der Waals surface area contributed by atoms with Crippen molar-refractivity contribution < 1.29 is 8.42 Å². The van der Waals surface area contributed by atoms with Gasteiger partial charge in [-0.2, -0.15) is 0 Å². The maximum atomic E-state index is 11.2. The van der Waals surface area contributed by atoms with Crippen LogP contribution in [-0.4, -0.2) is 44.7 Å². The summed E-state index contributed by atoms with van der Waals surface area (Å²) in [7, 11) is -1.01. The average molecular weight is 307 g/mol. The maximum absolute atomic E-state index is 11.2. The van der Waals surface area contributed by atoms with Crippen molar-refractivity contribution in [1.82, 2.24) is 14.6 Å². The number of likely N-dealkylation sites (N-methyl/N-ethyl adjacent to an activating group) is 1. The number of likely N-dealkylation sites (tertiary alicyclic amines) is 1. The summed E-state index contributed by atoms with van der Waals surface area (Å²) < 4.78 is 25.0. The summed E-state index contributed by atoms with van der Waals surface area (Å²) in [6.07, 6.45) is 4.46. The third kappa shape index (κ3) is 3.28. The van der Waals surface area contributed by atoms with E-state index in [4.69, 9.17) is 0 Å². The fourth-order valence-corrected chi connectivity index (χ4v) is 3.47. The van der Waals surface area contributed by atoms with Crippen LogP contribution in [0.1, 0.15) is 23.5 Å². The first kappa shape index (κ1) is 14.6. The molecule has 0 radical (unpaired) electrons. The van der Waals surface area contributed by atoms with Crippen LogP contribution in [0.4, 0.5) is 0 Å². The fourth-order valence-electron chi connectivity index (χ4n) is 3.04. The zero-order valence-corrected chi connectivity index (χ0v) is 13.2. The number of rotatable bonds is 4. The van der Waals surface area contributed by atoms with Crippen molar-refractivity contribution in [3.8, 4) is 0 Å². The molecule has 1 aromatic heterocycles. The van der Waals surface area contributed by atoms with Gasteiger partial charge in [-0.15, -0.1) is 0 Å². The number of fused-ring (bicyclic) bond motifs is 1. The summed E-state index contributed by atoms with van der Waals surface area (Å²) in [5.41, 5.74) is 3.44. The van der Waals surface area contributed by atoms with Crippen LogP contribution in [0.15, 0.2) is 24.4 Å². The Labute approximate surface area is 125 Å². The van der Waals surface area contributed by atoms with Crippen molar-refractivity contribution in [2.75, 3.05) is 26.4 Å². The predicted octanol–water partition coefficient (Wildman–Crippen LogP) is 1.64. The zero-order chi connectivity index (χ0) is 15.0. The number of hydrogen-bond donors (Lipinski definition) is 2. The molecule has 1 atom stereocenters. The molecule has 21 heavy (non-hydrogen) atoms. The Balaban J connectivity index is 1.89. The number of nitrogens with zero attached hydrogens (tertiary/aromatic N) is 1. The normalized spacial score (nSPS) is 20.4. The van der Waals surface area contributed by atoms with E-state index in [9.17, 15) is 8.42 Å². The molecule has 1 aromatic carbocycles. The number of H-pyrrole nitrogens is 1. The van der Waals surface area contributed by atoms with Gasteiger partial charge in [0, 0.05) is 30.2 Å². The van der Waals surface area contributed by atoms with Gasteiger partial charge in [-0.25, -0.2) is 13.1 Å². The molecule has 1 saturated heterocycles. The molecule has 2 aromatic rings. The first-order chi connectivity index (χ1) is 9.92. The highest BCUT2D eigenvalue weighted by atomic mass is 32.2. The largest absolute Gasteiger partial charge is 0.361 e. The molecule has 0 bridgehead atoms. The summed E-state index contributed by atoms with van der Waals surface area (Å²) in [4.78, 5) is 5.67. The zero-order valence-electron chi connectivity index (χ0n) is 12.4. The minimum atomic E-state index is -3.16. The molecule has 1 fully saturated rings. The Hall–Kier alpha value is -1.37. The number of aromatic amines is 1. The van der Waals surface area contributed by atoms with Crippen molar-refractivity contribution >= 4 is 20.9 Å². The molecule has 6 heteroatoms. The summed E-state index contributed by atoms with van der Waals surface area (Å²) in [6, 6.07) is 6.08. The van der Waals surface area contributed by atoms with Crippen molar-refractivity contribution in [2.24, 2.45) is 0 Å². The number of hydrogen-bond acceptors (Lipinski definition) is 3. The summed E-state index contributed by atoms with van der Waals surface area (Å²) in [5.74, 6) is 0.557. The lowest BCUT2D eigenvalue weighted by Crippen LogP contribution is -2.21. The lowest BCUT2D eigenvalue weighted by molar-refractivity contribution is 0.412. The number of nitrogens with one attached hydrogen (secondary N) is 2. The summed E-state index contributed by atoms with van der Waals surface area (Å²) >= 11 is 0. The van der Waals surface area contributed by atoms with Crippen LogP contribution >= 0.6 is 0 Å². The topological polar surface area (TPSA) is 65.2 Å². The fraction of sp³-hybridized carbons (Fsp3) is 0.467. The van der Waals surface area contributed by atoms with Gasteiger partial charge in [0.1, 0.15) is 0 Å². The lowest BCUT2D eigenvalue weighted by Gasteiger charge is -2.10. The van der Waals surface area contributed by atoms with Gasteiger partial charge in [0.05, 0.1) is 6.26 Å². The van der Waals surface area contributed by atoms with E-state index in [0.717, 1.165) is 24.2 Å².